The molecule has 27 heavy (non-hydrogen) atoms. The predicted octanol–water partition coefficient (Wildman–Crippen LogP) is 1.92. The first kappa shape index (κ1) is 17.5. The molecule has 140 valence electrons. The van der Waals surface area contributed by atoms with Crippen molar-refractivity contribution in [3.8, 4) is 17.1 Å². The SMILES string of the molecule is CCCn1c2c(=O)[nH]c(=O)n(C)c2n2c(-c3cc(Br)ccc3OC)nnc12. The van der Waals surface area contributed by atoms with Crippen molar-refractivity contribution in [3.05, 3.63) is 43.5 Å². The van der Waals surface area contributed by atoms with Crippen LogP contribution in [0.2, 0.25) is 0 Å². The van der Waals surface area contributed by atoms with Crippen LogP contribution >= 0.6 is 15.9 Å². The van der Waals surface area contributed by atoms with E-state index in [2.05, 4.69) is 31.1 Å². The number of aromatic nitrogens is 6. The zero-order valence-corrected chi connectivity index (χ0v) is 16.6. The lowest BCUT2D eigenvalue weighted by atomic mass is 10.2. The summed E-state index contributed by atoms with van der Waals surface area (Å²) in [5, 5.41) is 8.64. The van der Waals surface area contributed by atoms with E-state index < -0.39 is 11.2 Å². The minimum absolute atomic E-state index is 0.388. The molecule has 0 atom stereocenters. The predicted molar refractivity (Wildman–Crippen MR) is 104 cm³/mol. The quantitative estimate of drug-likeness (QED) is 0.530. The Morgan fingerprint density at radius 1 is 1.26 bits per heavy atom. The molecule has 0 amide bonds. The van der Waals surface area contributed by atoms with Crippen LogP contribution in [0.3, 0.4) is 0 Å². The van der Waals surface area contributed by atoms with Gasteiger partial charge in [0, 0.05) is 18.1 Å². The van der Waals surface area contributed by atoms with Crippen LogP contribution in [0.15, 0.2) is 32.3 Å². The fourth-order valence-electron chi connectivity index (χ4n) is 3.31. The fraction of sp³-hybridized carbons (Fsp3) is 0.294. The van der Waals surface area contributed by atoms with Crippen molar-refractivity contribution in [1.82, 2.24) is 28.7 Å². The van der Waals surface area contributed by atoms with Crippen LogP contribution in [0, 0.1) is 0 Å². The largest absolute Gasteiger partial charge is 0.496 e. The molecular weight excluding hydrogens is 416 g/mol. The minimum atomic E-state index is -0.496. The van der Waals surface area contributed by atoms with Crippen LogP contribution in [-0.4, -0.2) is 35.8 Å². The Morgan fingerprint density at radius 3 is 2.74 bits per heavy atom. The third kappa shape index (κ3) is 2.51. The molecule has 0 unspecified atom stereocenters. The number of aromatic amines is 1. The van der Waals surface area contributed by atoms with E-state index in [0.29, 0.717) is 40.6 Å². The third-order valence-electron chi connectivity index (χ3n) is 4.49. The maximum Gasteiger partial charge on any atom is 0.329 e. The molecule has 9 nitrogen and oxygen atoms in total. The Labute approximate surface area is 161 Å². The second-order valence-electron chi connectivity index (χ2n) is 6.15. The first-order valence-corrected chi connectivity index (χ1v) is 9.17. The summed E-state index contributed by atoms with van der Waals surface area (Å²) in [6, 6.07) is 5.54. The van der Waals surface area contributed by atoms with Crippen LogP contribution in [0.1, 0.15) is 13.3 Å². The molecule has 0 aliphatic carbocycles. The van der Waals surface area contributed by atoms with Crippen molar-refractivity contribution in [2.24, 2.45) is 7.05 Å². The molecule has 1 aromatic carbocycles. The normalized spacial score (nSPS) is 11.6. The van der Waals surface area contributed by atoms with E-state index in [1.807, 2.05) is 25.1 Å². The summed E-state index contributed by atoms with van der Waals surface area (Å²) in [7, 11) is 3.18. The number of rotatable bonds is 4. The molecule has 4 aromatic rings. The van der Waals surface area contributed by atoms with Crippen molar-refractivity contribution in [2.45, 2.75) is 19.9 Å². The van der Waals surface area contributed by atoms with Gasteiger partial charge in [-0.25, -0.2) is 9.20 Å². The lowest BCUT2D eigenvalue weighted by Crippen LogP contribution is -2.29. The molecule has 0 spiro atoms. The third-order valence-corrected chi connectivity index (χ3v) is 4.98. The maximum absolute atomic E-state index is 12.6. The molecule has 0 aliphatic rings. The summed E-state index contributed by atoms with van der Waals surface area (Å²) in [5.41, 5.74) is 0.582. The molecule has 3 aromatic heterocycles. The van der Waals surface area contributed by atoms with Gasteiger partial charge in [0.15, 0.2) is 17.0 Å². The van der Waals surface area contributed by atoms with E-state index in [1.54, 1.807) is 23.1 Å². The molecule has 0 fully saturated rings. The van der Waals surface area contributed by atoms with Gasteiger partial charge in [-0.15, -0.1) is 10.2 Å². The van der Waals surface area contributed by atoms with E-state index in [0.717, 1.165) is 10.9 Å². The number of hydrogen-bond donors (Lipinski definition) is 1. The van der Waals surface area contributed by atoms with Gasteiger partial charge in [0.1, 0.15) is 5.75 Å². The number of methoxy groups -OCH3 is 1. The van der Waals surface area contributed by atoms with Gasteiger partial charge in [0.25, 0.3) is 5.56 Å². The molecule has 4 rings (SSSR count). The van der Waals surface area contributed by atoms with Crippen molar-refractivity contribution in [1.29, 1.82) is 0 Å². The summed E-state index contributed by atoms with van der Waals surface area (Å²) in [5.74, 6) is 1.60. The number of hydrogen-bond acceptors (Lipinski definition) is 5. The average molecular weight is 433 g/mol. The number of aryl methyl sites for hydroxylation is 2. The smallest absolute Gasteiger partial charge is 0.329 e. The van der Waals surface area contributed by atoms with Gasteiger partial charge < -0.3 is 9.30 Å². The van der Waals surface area contributed by atoms with Crippen molar-refractivity contribution >= 4 is 32.9 Å². The van der Waals surface area contributed by atoms with Gasteiger partial charge in [0.05, 0.1) is 12.7 Å². The van der Waals surface area contributed by atoms with Crippen LogP contribution in [0.4, 0.5) is 0 Å². The zero-order valence-electron chi connectivity index (χ0n) is 15.0. The highest BCUT2D eigenvalue weighted by atomic mass is 79.9. The van der Waals surface area contributed by atoms with Gasteiger partial charge in [-0.2, -0.15) is 0 Å². The van der Waals surface area contributed by atoms with E-state index in [4.69, 9.17) is 4.74 Å². The molecule has 10 heteroatoms. The summed E-state index contributed by atoms with van der Waals surface area (Å²) in [6.07, 6.45) is 0.796. The number of imidazole rings is 1. The highest BCUT2D eigenvalue weighted by Gasteiger charge is 2.24. The molecule has 0 bridgehead atoms. The van der Waals surface area contributed by atoms with Crippen molar-refractivity contribution in [3.63, 3.8) is 0 Å². The first-order valence-electron chi connectivity index (χ1n) is 8.38. The first-order chi connectivity index (χ1) is 13.0. The standard InChI is InChI=1S/C17H17BrN6O3/c1-4-7-23-12-14(25)19-17(26)22(2)15(12)24-13(20-21-16(23)24)10-8-9(18)5-6-11(10)27-3/h5-6,8H,4,7H2,1-3H3,(H,19,25,26). The number of ether oxygens (including phenoxy) is 1. The molecule has 0 saturated heterocycles. The van der Waals surface area contributed by atoms with Crippen LogP contribution in [0.25, 0.3) is 28.3 Å². The molecule has 0 radical (unpaired) electrons. The van der Waals surface area contributed by atoms with E-state index in [1.165, 1.54) is 4.57 Å². The van der Waals surface area contributed by atoms with Gasteiger partial charge >= 0.3 is 5.69 Å². The summed E-state index contributed by atoms with van der Waals surface area (Å²) < 4.78 is 11.2. The highest BCUT2D eigenvalue weighted by molar-refractivity contribution is 9.10. The average Bonchev–Trinajstić information content (AvgIpc) is 3.19. The van der Waals surface area contributed by atoms with Crippen LogP contribution in [-0.2, 0) is 13.6 Å². The second kappa shape index (κ2) is 6.38. The number of benzene rings is 1. The number of nitrogens with zero attached hydrogens (tertiary/aromatic N) is 5. The summed E-state index contributed by atoms with van der Waals surface area (Å²) in [6.45, 7) is 2.58. The fourth-order valence-corrected chi connectivity index (χ4v) is 3.67. The number of halogens is 1. The summed E-state index contributed by atoms with van der Waals surface area (Å²) >= 11 is 3.46. The topological polar surface area (TPSA) is 99.2 Å². The highest BCUT2D eigenvalue weighted by Crippen LogP contribution is 2.33. The number of H-pyrrole nitrogens is 1. The minimum Gasteiger partial charge on any atom is -0.496 e. The summed E-state index contributed by atoms with van der Waals surface area (Å²) in [4.78, 5) is 27.1. The molecular formula is C17H17BrN6O3. The van der Waals surface area contributed by atoms with E-state index in [-0.39, 0.29) is 0 Å². The Kier molecular flexibility index (Phi) is 4.14. The van der Waals surface area contributed by atoms with Gasteiger partial charge in [-0.05, 0) is 24.6 Å². The monoisotopic (exact) mass is 432 g/mol. The lowest BCUT2D eigenvalue weighted by molar-refractivity contribution is 0.416. The zero-order chi connectivity index (χ0) is 19.3. The number of fused-ring (bicyclic) bond motifs is 3. The van der Waals surface area contributed by atoms with Crippen molar-refractivity contribution in [2.75, 3.05) is 7.11 Å². The van der Waals surface area contributed by atoms with Crippen molar-refractivity contribution < 1.29 is 4.74 Å². The van der Waals surface area contributed by atoms with E-state index >= 15 is 0 Å². The van der Waals surface area contributed by atoms with Gasteiger partial charge in [-0.1, -0.05) is 22.9 Å². The van der Waals surface area contributed by atoms with E-state index in [9.17, 15) is 9.59 Å². The maximum atomic E-state index is 12.6. The van der Waals surface area contributed by atoms with Gasteiger partial charge in [0.2, 0.25) is 5.78 Å². The number of nitrogens with one attached hydrogen (secondary N) is 1. The second-order valence-corrected chi connectivity index (χ2v) is 7.06. The Bertz CT molecular complexity index is 1300. The van der Waals surface area contributed by atoms with Crippen LogP contribution in [0.5, 0.6) is 5.75 Å². The molecule has 3 heterocycles. The molecule has 1 N–H and O–H groups in total. The lowest BCUT2D eigenvalue weighted by Gasteiger charge is -2.08. The molecule has 0 saturated carbocycles. The molecule has 0 aliphatic heterocycles. The Morgan fingerprint density at radius 2 is 2.04 bits per heavy atom. The van der Waals surface area contributed by atoms with Gasteiger partial charge in [-0.3, -0.25) is 14.3 Å². The Hall–Kier alpha value is -2.88. The Balaban J connectivity index is 2.23. The van der Waals surface area contributed by atoms with Crippen LogP contribution < -0.4 is 16.0 Å².